The highest BCUT2D eigenvalue weighted by Gasteiger charge is 2.25. The number of aliphatic imine (C=N–C) groups is 1. The molecule has 4 rings (SSSR count). The first-order chi connectivity index (χ1) is 14.8. The molecule has 0 saturated carbocycles. The van der Waals surface area contributed by atoms with Gasteiger partial charge in [-0.2, -0.15) is 0 Å². The average Bonchev–Trinajstić information content (AvgIpc) is 3.15. The number of phenols is 1. The molecule has 31 heavy (non-hydrogen) atoms. The van der Waals surface area contributed by atoms with Crippen molar-refractivity contribution in [3.63, 3.8) is 0 Å². The lowest BCUT2D eigenvalue weighted by atomic mass is 10.0. The highest BCUT2D eigenvalue weighted by atomic mass is 35.5. The van der Waals surface area contributed by atoms with Crippen molar-refractivity contribution in [1.82, 2.24) is 4.98 Å². The molecule has 156 valence electrons. The van der Waals surface area contributed by atoms with Crippen LogP contribution >= 0.6 is 11.6 Å². The fourth-order valence-electron chi connectivity index (χ4n) is 3.38. The van der Waals surface area contributed by atoms with Gasteiger partial charge < -0.3 is 9.52 Å². The first kappa shape index (κ1) is 20.6. The fourth-order valence-corrected chi connectivity index (χ4v) is 3.57. The van der Waals surface area contributed by atoms with E-state index in [9.17, 15) is 15.2 Å². The number of oxazole rings is 1. The molecule has 0 aliphatic heterocycles. The summed E-state index contributed by atoms with van der Waals surface area (Å²) in [5, 5.41) is 22.0. The minimum Gasteiger partial charge on any atom is -0.502 e. The second kappa shape index (κ2) is 7.85. The molecular formula is C23H18ClN3O4. The molecule has 4 aromatic rings. The molecule has 0 spiro atoms. The van der Waals surface area contributed by atoms with E-state index in [-0.39, 0.29) is 16.1 Å². The number of aromatic hydroxyl groups is 1. The third-order valence-electron chi connectivity index (χ3n) is 5.06. The van der Waals surface area contributed by atoms with Crippen LogP contribution < -0.4 is 0 Å². The highest BCUT2D eigenvalue weighted by molar-refractivity contribution is 6.33. The Balaban J connectivity index is 1.73. The Morgan fingerprint density at radius 3 is 2.68 bits per heavy atom. The Morgan fingerprint density at radius 2 is 1.94 bits per heavy atom. The van der Waals surface area contributed by atoms with E-state index in [0.29, 0.717) is 22.7 Å². The van der Waals surface area contributed by atoms with Crippen molar-refractivity contribution in [2.45, 2.75) is 20.8 Å². The molecule has 0 unspecified atom stereocenters. The van der Waals surface area contributed by atoms with Crippen molar-refractivity contribution in [3.8, 4) is 17.2 Å². The van der Waals surface area contributed by atoms with Crippen molar-refractivity contribution in [3.05, 3.63) is 79.9 Å². The molecule has 8 heteroatoms. The van der Waals surface area contributed by atoms with Gasteiger partial charge in [-0.05, 0) is 62.2 Å². The number of halogens is 1. The number of aromatic nitrogens is 1. The van der Waals surface area contributed by atoms with Crippen molar-refractivity contribution in [2.24, 2.45) is 4.99 Å². The number of hydrogen-bond acceptors (Lipinski definition) is 6. The van der Waals surface area contributed by atoms with Crippen LogP contribution in [0.5, 0.6) is 5.75 Å². The summed E-state index contributed by atoms with van der Waals surface area (Å²) in [6.45, 7) is 5.16. The zero-order valence-electron chi connectivity index (χ0n) is 17.0. The number of fused-ring (bicyclic) bond motifs is 1. The van der Waals surface area contributed by atoms with Gasteiger partial charge in [0.2, 0.25) is 11.6 Å². The lowest BCUT2D eigenvalue weighted by Gasteiger charge is -2.10. The lowest BCUT2D eigenvalue weighted by Crippen LogP contribution is -2.00. The number of nitro groups is 1. The molecule has 0 fully saturated rings. The normalized spacial score (nSPS) is 11.5. The van der Waals surface area contributed by atoms with Crippen LogP contribution in [0.15, 0.2) is 51.9 Å². The average molecular weight is 436 g/mol. The van der Waals surface area contributed by atoms with E-state index in [4.69, 9.17) is 16.0 Å². The standard InChI is InChI=1S/C23H18ClN3O4/c1-12-7-8-18-19(9-12)31-23(26-18)15-5-4-6-16(10-15)25-11-17-13(2)20(24)14(3)21(22(17)28)27(29)30/h4-11,28H,1-3H3. The second-order valence-electron chi connectivity index (χ2n) is 7.23. The van der Waals surface area contributed by atoms with E-state index in [1.807, 2.05) is 31.2 Å². The zero-order chi connectivity index (χ0) is 22.3. The van der Waals surface area contributed by atoms with Crippen LogP contribution in [0.3, 0.4) is 0 Å². The Hall–Kier alpha value is -3.71. The summed E-state index contributed by atoms with van der Waals surface area (Å²) in [5.74, 6) is 0.00400. The third-order valence-corrected chi connectivity index (χ3v) is 5.63. The number of hydrogen-bond donors (Lipinski definition) is 1. The minimum atomic E-state index is -0.650. The Bertz CT molecular complexity index is 1380. The molecule has 0 amide bonds. The van der Waals surface area contributed by atoms with Gasteiger partial charge in [0.05, 0.1) is 15.6 Å². The molecule has 0 bridgehead atoms. The van der Waals surface area contributed by atoms with Crippen LogP contribution in [0, 0.1) is 30.9 Å². The van der Waals surface area contributed by atoms with Crippen LogP contribution in [0.4, 0.5) is 11.4 Å². The van der Waals surface area contributed by atoms with Gasteiger partial charge in [0, 0.05) is 22.9 Å². The minimum absolute atomic E-state index is 0.199. The van der Waals surface area contributed by atoms with E-state index in [1.165, 1.54) is 13.1 Å². The zero-order valence-corrected chi connectivity index (χ0v) is 17.8. The molecule has 1 N–H and O–H groups in total. The summed E-state index contributed by atoms with van der Waals surface area (Å²) in [7, 11) is 0. The van der Waals surface area contributed by atoms with Gasteiger partial charge in [0.1, 0.15) is 5.52 Å². The summed E-state index contributed by atoms with van der Waals surface area (Å²) in [6.07, 6.45) is 1.37. The van der Waals surface area contributed by atoms with Crippen LogP contribution in [-0.2, 0) is 0 Å². The van der Waals surface area contributed by atoms with Crippen molar-refractivity contribution in [1.29, 1.82) is 0 Å². The largest absolute Gasteiger partial charge is 0.502 e. The van der Waals surface area contributed by atoms with E-state index in [0.717, 1.165) is 16.6 Å². The molecule has 0 saturated heterocycles. The predicted octanol–water partition coefficient (Wildman–Crippen LogP) is 6.44. The maximum absolute atomic E-state index is 11.4. The highest BCUT2D eigenvalue weighted by Crippen LogP contribution is 2.40. The molecule has 1 heterocycles. The maximum atomic E-state index is 11.4. The van der Waals surface area contributed by atoms with E-state index in [1.54, 1.807) is 25.1 Å². The smallest absolute Gasteiger partial charge is 0.315 e. The molecule has 0 radical (unpaired) electrons. The summed E-state index contributed by atoms with van der Waals surface area (Å²) in [5.41, 5.74) is 4.34. The van der Waals surface area contributed by atoms with Crippen LogP contribution in [0.2, 0.25) is 5.02 Å². The Kier molecular flexibility index (Phi) is 5.20. The quantitative estimate of drug-likeness (QED) is 0.226. The van der Waals surface area contributed by atoms with Crippen LogP contribution in [-0.4, -0.2) is 21.2 Å². The Morgan fingerprint density at radius 1 is 1.16 bits per heavy atom. The van der Waals surface area contributed by atoms with Gasteiger partial charge in [-0.15, -0.1) is 0 Å². The summed E-state index contributed by atoms with van der Waals surface area (Å²) >= 11 is 6.24. The topological polar surface area (TPSA) is 102 Å². The van der Waals surface area contributed by atoms with Crippen molar-refractivity contribution >= 4 is 40.3 Å². The number of aryl methyl sites for hydroxylation is 1. The number of nitrogens with zero attached hydrogens (tertiary/aromatic N) is 3. The van der Waals surface area contributed by atoms with Crippen molar-refractivity contribution in [2.75, 3.05) is 0 Å². The summed E-state index contributed by atoms with van der Waals surface area (Å²) in [6, 6.07) is 13.0. The summed E-state index contributed by atoms with van der Waals surface area (Å²) in [4.78, 5) is 19.6. The van der Waals surface area contributed by atoms with Gasteiger partial charge in [-0.25, -0.2) is 4.98 Å². The molecule has 7 nitrogen and oxygen atoms in total. The lowest BCUT2D eigenvalue weighted by molar-refractivity contribution is -0.386. The maximum Gasteiger partial charge on any atom is 0.315 e. The molecule has 0 aliphatic carbocycles. The molecular weight excluding hydrogens is 418 g/mol. The van der Waals surface area contributed by atoms with Crippen LogP contribution in [0.25, 0.3) is 22.6 Å². The van der Waals surface area contributed by atoms with Gasteiger partial charge in [-0.1, -0.05) is 23.7 Å². The van der Waals surface area contributed by atoms with Gasteiger partial charge in [0.15, 0.2) is 5.58 Å². The third kappa shape index (κ3) is 3.75. The second-order valence-corrected chi connectivity index (χ2v) is 7.61. The number of nitro benzene ring substituents is 1. The SMILES string of the molecule is Cc1ccc2nc(-c3cccc(N=Cc4c(C)c(Cl)c(C)c([N+](=O)[O-])c4O)c3)oc2c1. The number of rotatable bonds is 4. The first-order valence-electron chi connectivity index (χ1n) is 9.44. The molecule has 0 atom stereocenters. The summed E-state index contributed by atoms with van der Waals surface area (Å²) < 4.78 is 5.87. The van der Waals surface area contributed by atoms with E-state index in [2.05, 4.69) is 9.98 Å². The van der Waals surface area contributed by atoms with Crippen LogP contribution in [0.1, 0.15) is 22.3 Å². The number of benzene rings is 3. The van der Waals surface area contributed by atoms with Crippen molar-refractivity contribution < 1.29 is 14.4 Å². The fraction of sp³-hybridized carbons (Fsp3) is 0.130. The van der Waals surface area contributed by atoms with Gasteiger partial charge >= 0.3 is 5.69 Å². The number of phenolic OH excluding ortho intramolecular Hbond substituents is 1. The monoisotopic (exact) mass is 435 g/mol. The van der Waals surface area contributed by atoms with Gasteiger partial charge in [0.25, 0.3) is 0 Å². The molecule has 3 aromatic carbocycles. The first-order valence-corrected chi connectivity index (χ1v) is 9.81. The van der Waals surface area contributed by atoms with E-state index < -0.39 is 16.4 Å². The van der Waals surface area contributed by atoms with Gasteiger partial charge in [-0.3, -0.25) is 15.1 Å². The Labute approximate surface area is 182 Å². The molecule has 0 aliphatic rings. The molecule has 1 aromatic heterocycles. The van der Waals surface area contributed by atoms with E-state index >= 15 is 0 Å². The predicted molar refractivity (Wildman–Crippen MR) is 121 cm³/mol.